The summed E-state index contributed by atoms with van der Waals surface area (Å²) in [5.41, 5.74) is 3.17. The summed E-state index contributed by atoms with van der Waals surface area (Å²) in [4.78, 5) is 27.0. The van der Waals surface area contributed by atoms with E-state index in [1.54, 1.807) is 25.5 Å². The first-order valence-electron chi connectivity index (χ1n) is 10.6. The molecule has 7 heteroatoms. The maximum absolute atomic E-state index is 12.3. The van der Waals surface area contributed by atoms with Crippen molar-refractivity contribution >= 4 is 23.5 Å². The van der Waals surface area contributed by atoms with Crippen molar-refractivity contribution in [1.82, 2.24) is 15.3 Å². The molecule has 0 aromatic carbocycles. The molecule has 1 amide bonds. The summed E-state index contributed by atoms with van der Waals surface area (Å²) in [7, 11) is 1.75. The van der Waals surface area contributed by atoms with Crippen LogP contribution >= 0.6 is 0 Å². The Labute approximate surface area is 185 Å². The van der Waals surface area contributed by atoms with E-state index in [4.69, 9.17) is 4.74 Å². The smallest absolute Gasteiger partial charge is 0.253 e. The van der Waals surface area contributed by atoms with E-state index in [9.17, 15) is 4.79 Å². The Morgan fingerprint density at radius 1 is 1.19 bits per heavy atom. The average Bonchev–Trinajstić information content (AvgIpc) is 2.78. The van der Waals surface area contributed by atoms with Crippen LogP contribution in [0.15, 0.2) is 48.2 Å². The van der Waals surface area contributed by atoms with E-state index in [1.165, 1.54) is 0 Å². The molecule has 7 nitrogen and oxygen atoms in total. The monoisotopic (exact) mass is 423 g/mol. The minimum Gasteiger partial charge on any atom is -0.381 e. The van der Waals surface area contributed by atoms with Gasteiger partial charge < -0.3 is 19.9 Å². The molecule has 2 aromatic rings. The molecule has 31 heavy (non-hydrogen) atoms. The topological polar surface area (TPSA) is 79.7 Å². The number of hydrogen-bond donors (Lipinski definition) is 1. The van der Waals surface area contributed by atoms with Gasteiger partial charge in [-0.2, -0.15) is 0 Å². The zero-order valence-electron chi connectivity index (χ0n) is 18.8. The van der Waals surface area contributed by atoms with Gasteiger partial charge >= 0.3 is 0 Å². The van der Waals surface area contributed by atoms with Crippen molar-refractivity contribution in [2.45, 2.75) is 33.2 Å². The number of aliphatic imine (C=N–C) groups is 1. The van der Waals surface area contributed by atoms with Crippen molar-refractivity contribution in [3.05, 3.63) is 60.1 Å². The Bertz CT molecular complexity index is 835. The van der Waals surface area contributed by atoms with Gasteiger partial charge in [0.05, 0.1) is 11.3 Å². The van der Waals surface area contributed by atoms with Crippen molar-refractivity contribution in [3.63, 3.8) is 0 Å². The summed E-state index contributed by atoms with van der Waals surface area (Å²) >= 11 is 0. The van der Waals surface area contributed by atoms with Crippen LogP contribution < -0.4 is 10.2 Å². The Morgan fingerprint density at radius 3 is 2.42 bits per heavy atom. The van der Waals surface area contributed by atoms with Gasteiger partial charge in [-0.25, -0.2) is 4.98 Å². The minimum absolute atomic E-state index is 0.149. The fourth-order valence-corrected chi connectivity index (χ4v) is 2.93. The van der Waals surface area contributed by atoms with Crippen LogP contribution in [0.4, 0.5) is 5.82 Å². The van der Waals surface area contributed by atoms with Gasteiger partial charge in [-0.15, -0.1) is 0 Å². The predicted octanol–water partition coefficient (Wildman–Crippen LogP) is 3.76. The van der Waals surface area contributed by atoms with Crippen molar-refractivity contribution in [3.8, 4) is 0 Å². The second-order valence-corrected chi connectivity index (χ2v) is 7.24. The Hall–Kier alpha value is -3.06. The van der Waals surface area contributed by atoms with Gasteiger partial charge in [0, 0.05) is 52.3 Å². The SMILES string of the molecule is C=C(C)c1ccc(C(=O)NCc2ccc(N3CCCOCCC3)nc2)cn1.CC=NC. The van der Waals surface area contributed by atoms with Gasteiger partial charge in [-0.3, -0.25) is 9.78 Å². The lowest BCUT2D eigenvalue weighted by atomic mass is 10.2. The first kappa shape index (κ1) is 24.2. The standard InChI is InChI=1S/C21H26N4O2.C3H7N/c1-16(2)19-7-6-18(15-22-19)21(26)24-14-17-5-8-20(23-13-17)25-9-3-11-27-12-4-10-25;1-3-4-2/h5-8,13,15H,1,3-4,9-12,14H2,2H3,(H,24,26);3H,1-2H3. The second-order valence-electron chi connectivity index (χ2n) is 7.24. The highest BCUT2D eigenvalue weighted by molar-refractivity contribution is 5.94. The second kappa shape index (κ2) is 13.3. The van der Waals surface area contributed by atoms with Crippen LogP contribution in [0.3, 0.4) is 0 Å². The number of aromatic nitrogens is 2. The molecule has 0 saturated carbocycles. The van der Waals surface area contributed by atoms with Crippen LogP contribution in [0.1, 0.15) is 48.3 Å². The van der Waals surface area contributed by atoms with Gasteiger partial charge in [-0.05, 0) is 62.2 Å². The van der Waals surface area contributed by atoms with Crippen LogP contribution in [-0.4, -0.2) is 55.4 Å². The molecule has 0 aliphatic carbocycles. The highest BCUT2D eigenvalue weighted by Crippen LogP contribution is 2.14. The largest absolute Gasteiger partial charge is 0.381 e. The molecular weight excluding hydrogens is 390 g/mol. The first-order valence-corrected chi connectivity index (χ1v) is 10.6. The number of carbonyl (C=O) groups is 1. The first-order chi connectivity index (χ1) is 15.0. The van der Waals surface area contributed by atoms with Crippen LogP contribution in [0.5, 0.6) is 0 Å². The number of allylic oxidation sites excluding steroid dienone is 1. The molecule has 1 aliphatic rings. The highest BCUT2D eigenvalue weighted by Gasteiger charge is 2.11. The van der Waals surface area contributed by atoms with Gasteiger partial charge in [-0.1, -0.05) is 12.6 Å². The molecule has 1 aliphatic heterocycles. The van der Waals surface area contributed by atoms with Crippen molar-refractivity contribution in [2.75, 3.05) is 38.3 Å². The number of anilines is 1. The lowest BCUT2D eigenvalue weighted by Gasteiger charge is -2.25. The molecule has 0 bridgehead atoms. The Kier molecular flexibility index (Phi) is 10.4. The molecule has 0 spiro atoms. The van der Waals surface area contributed by atoms with E-state index >= 15 is 0 Å². The van der Waals surface area contributed by atoms with E-state index in [0.717, 1.165) is 61.8 Å². The summed E-state index contributed by atoms with van der Waals surface area (Å²) < 4.78 is 5.49. The van der Waals surface area contributed by atoms with Crippen LogP contribution in [-0.2, 0) is 11.3 Å². The third-order valence-corrected chi connectivity index (χ3v) is 4.74. The number of pyridine rings is 2. The molecule has 1 saturated heterocycles. The summed E-state index contributed by atoms with van der Waals surface area (Å²) in [6.07, 6.45) is 7.18. The lowest BCUT2D eigenvalue weighted by molar-refractivity contribution is 0.0950. The molecule has 0 unspecified atom stereocenters. The van der Waals surface area contributed by atoms with Gasteiger partial charge in [0.15, 0.2) is 0 Å². The molecule has 0 radical (unpaired) electrons. The number of hydrogen-bond acceptors (Lipinski definition) is 6. The number of rotatable bonds is 5. The predicted molar refractivity (Wildman–Crippen MR) is 127 cm³/mol. The maximum atomic E-state index is 12.3. The quantitative estimate of drug-likeness (QED) is 0.741. The zero-order valence-corrected chi connectivity index (χ0v) is 18.8. The normalized spacial score (nSPS) is 14.2. The molecule has 3 rings (SSSR count). The molecular formula is C24H33N5O2. The molecule has 1 fully saturated rings. The fraction of sp³-hybridized carbons (Fsp3) is 0.417. The lowest BCUT2D eigenvalue weighted by Crippen LogP contribution is -2.30. The van der Waals surface area contributed by atoms with Gasteiger partial charge in [0.1, 0.15) is 5.82 Å². The summed E-state index contributed by atoms with van der Waals surface area (Å²) in [5, 5.41) is 2.91. The van der Waals surface area contributed by atoms with E-state index in [0.29, 0.717) is 12.1 Å². The van der Waals surface area contributed by atoms with Crippen LogP contribution in [0.25, 0.3) is 5.57 Å². The third-order valence-electron chi connectivity index (χ3n) is 4.74. The molecule has 1 N–H and O–H groups in total. The number of amides is 1. The van der Waals surface area contributed by atoms with Crippen LogP contribution in [0.2, 0.25) is 0 Å². The van der Waals surface area contributed by atoms with E-state index in [2.05, 4.69) is 31.8 Å². The maximum Gasteiger partial charge on any atom is 0.253 e. The van der Waals surface area contributed by atoms with Crippen molar-refractivity contribution in [2.24, 2.45) is 4.99 Å². The number of ether oxygens (including phenoxy) is 1. The van der Waals surface area contributed by atoms with Crippen molar-refractivity contribution in [1.29, 1.82) is 0 Å². The summed E-state index contributed by atoms with van der Waals surface area (Å²) in [6, 6.07) is 7.61. The Morgan fingerprint density at radius 2 is 1.90 bits per heavy atom. The van der Waals surface area contributed by atoms with Gasteiger partial charge in [0.2, 0.25) is 0 Å². The van der Waals surface area contributed by atoms with Crippen molar-refractivity contribution < 1.29 is 9.53 Å². The van der Waals surface area contributed by atoms with E-state index < -0.39 is 0 Å². The highest BCUT2D eigenvalue weighted by atomic mass is 16.5. The Balaban J connectivity index is 0.000000785. The number of nitrogens with one attached hydrogen (secondary N) is 1. The minimum atomic E-state index is -0.149. The third kappa shape index (κ3) is 8.30. The summed E-state index contributed by atoms with van der Waals surface area (Å²) in [5.74, 6) is 0.829. The number of carbonyl (C=O) groups excluding carboxylic acids is 1. The zero-order chi connectivity index (χ0) is 22.5. The van der Waals surface area contributed by atoms with E-state index in [-0.39, 0.29) is 5.91 Å². The fourth-order valence-electron chi connectivity index (χ4n) is 2.93. The molecule has 0 atom stereocenters. The van der Waals surface area contributed by atoms with E-state index in [1.807, 2.05) is 38.2 Å². The molecule has 2 aromatic heterocycles. The average molecular weight is 424 g/mol. The van der Waals surface area contributed by atoms with Crippen LogP contribution in [0, 0.1) is 0 Å². The molecule has 3 heterocycles. The van der Waals surface area contributed by atoms with Gasteiger partial charge in [0.25, 0.3) is 5.91 Å². The molecule has 166 valence electrons. The number of nitrogens with zero attached hydrogens (tertiary/aromatic N) is 4. The summed E-state index contributed by atoms with van der Waals surface area (Å²) in [6.45, 7) is 11.6.